The van der Waals surface area contributed by atoms with E-state index in [-0.39, 0.29) is 17.4 Å². The van der Waals surface area contributed by atoms with Gasteiger partial charge in [-0.25, -0.2) is 0 Å². The van der Waals surface area contributed by atoms with Crippen LogP contribution in [0.3, 0.4) is 0 Å². The Labute approximate surface area is 147 Å². The minimum Gasteiger partial charge on any atom is -0.508 e. The molecule has 2 N–H and O–H groups in total. The molecule has 3 aromatic carbocycles. The Bertz CT molecular complexity index is 818. The molecule has 0 unspecified atom stereocenters. The first-order valence-corrected chi connectivity index (χ1v) is 8.18. The average molecular weight is 339 g/mol. The zero-order valence-electron chi connectivity index (χ0n) is 13.6. The molecule has 0 radical (unpaired) electrons. The van der Waals surface area contributed by atoms with Crippen molar-refractivity contribution in [3.05, 3.63) is 93.5 Å². The zero-order valence-corrected chi connectivity index (χ0v) is 14.4. The van der Waals surface area contributed by atoms with Crippen LogP contribution in [-0.4, -0.2) is 10.2 Å². The molecule has 0 spiro atoms. The Hall–Kier alpha value is -2.45. The highest BCUT2D eigenvalue weighted by Gasteiger charge is 2.18. The molecule has 3 heteroatoms. The molecular weight excluding hydrogens is 320 g/mol. The summed E-state index contributed by atoms with van der Waals surface area (Å²) in [4.78, 5) is 0. The summed E-state index contributed by atoms with van der Waals surface area (Å²) < 4.78 is 0. The third kappa shape index (κ3) is 3.24. The highest BCUT2D eigenvalue weighted by Crippen LogP contribution is 2.36. The summed E-state index contributed by atoms with van der Waals surface area (Å²) >= 11 is 6.03. The van der Waals surface area contributed by atoms with E-state index in [4.69, 9.17) is 11.6 Å². The van der Waals surface area contributed by atoms with Crippen molar-refractivity contribution >= 4 is 11.6 Å². The second kappa shape index (κ2) is 6.58. The molecule has 0 aliphatic carbocycles. The topological polar surface area (TPSA) is 40.5 Å². The number of aryl methyl sites for hydroxylation is 2. The van der Waals surface area contributed by atoms with E-state index in [1.165, 1.54) is 0 Å². The van der Waals surface area contributed by atoms with Gasteiger partial charge in [-0.2, -0.15) is 0 Å². The maximum atomic E-state index is 9.83. The van der Waals surface area contributed by atoms with Gasteiger partial charge in [0.2, 0.25) is 0 Å². The van der Waals surface area contributed by atoms with Gasteiger partial charge < -0.3 is 10.2 Å². The van der Waals surface area contributed by atoms with Gasteiger partial charge in [0.25, 0.3) is 0 Å². The molecule has 24 heavy (non-hydrogen) atoms. The highest BCUT2D eigenvalue weighted by molar-refractivity contribution is 6.30. The number of hydrogen-bond acceptors (Lipinski definition) is 2. The van der Waals surface area contributed by atoms with Gasteiger partial charge >= 0.3 is 0 Å². The van der Waals surface area contributed by atoms with Gasteiger partial charge in [-0.3, -0.25) is 0 Å². The van der Waals surface area contributed by atoms with Crippen LogP contribution in [0.4, 0.5) is 0 Å². The number of rotatable bonds is 3. The van der Waals surface area contributed by atoms with E-state index in [1.807, 2.05) is 62.4 Å². The molecule has 0 heterocycles. The summed E-state index contributed by atoms with van der Waals surface area (Å²) in [5.41, 5.74) is 4.94. The molecule has 3 aromatic rings. The van der Waals surface area contributed by atoms with E-state index >= 15 is 0 Å². The van der Waals surface area contributed by atoms with Crippen LogP contribution in [0.1, 0.15) is 33.7 Å². The number of aromatic hydroxyl groups is 2. The molecule has 0 aliphatic heterocycles. The van der Waals surface area contributed by atoms with E-state index < -0.39 is 0 Å². The fourth-order valence-corrected chi connectivity index (χ4v) is 3.08. The molecule has 0 aliphatic rings. The molecular formula is C21H19ClO2. The molecule has 2 nitrogen and oxygen atoms in total. The fraction of sp³-hybridized carbons (Fsp3) is 0.143. The van der Waals surface area contributed by atoms with E-state index in [0.29, 0.717) is 5.02 Å². The van der Waals surface area contributed by atoms with Crippen LogP contribution >= 0.6 is 11.6 Å². The molecule has 0 amide bonds. The summed E-state index contributed by atoms with van der Waals surface area (Å²) in [7, 11) is 0. The van der Waals surface area contributed by atoms with Crippen LogP contribution < -0.4 is 0 Å². The van der Waals surface area contributed by atoms with Crippen molar-refractivity contribution in [2.45, 2.75) is 19.8 Å². The van der Waals surface area contributed by atoms with E-state index in [1.54, 1.807) is 12.1 Å². The number of hydrogen-bond donors (Lipinski definition) is 2. The van der Waals surface area contributed by atoms with E-state index in [0.717, 1.165) is 27.8 Å². The van der Waals surface area contributed by atoms with Crippen molar-refractivity contribution in [1.82, 2.24) is 0 Å². The average Bonchev–Trinajstić information content (AvgIpc) is 2.56. The molecule has 0 bridgehead atoms. The molecule has 0 saturated carbocycles. The van der Waals surface area contributed by atoms with Crippen LogP contribution in [-0.2, 0) is 0 Å². The van der Waals surface area contributed by atoms with Gasteiger partial charge in [0, 0.05) is 10.9 Å². The first-order chi connectivity index (χ1) is 11.5. The van der Waals surface area contributed by atoms with E-state index in [9.17, 15) is 10.2 Å². The maximum Gasteiger partial charge on any atom is 0.118 e. The number of phenolic OH excluding ortho intramolecular Hbond substituents is 2. The van der Waals surface area contributed by atoms with Crippen LogP contribution in [0.5, 0.6) is 11.5 Å². The molecule has 0 atom stereocenters. The van der Waals surface area contributed by atoms with Crippen molar-refractivity contribution in [1.29, 1.82) is 0 Å². The lowest BCUT2D eigenvalue weighted by Crippen LogP contribution is -2.04. The van der Waals surface area contributed by atoms with E-state index in [2.05, 4.69) is 0 Å². The van der Waals surface area contributed by atoms with Gasteiger partial charge in [-0.05, 0) is 65.9 Å². The first-order valence-electron chi connectivity index (χ1n) is 7.80. The van der Waals surface area contributed by atoms with Crippen molar-refractivity contribution in [2.24, 2.45) is 0 Å². The lowest BCUT2D eigenvalue weighted by atomic mass is 9.84. The first kappa shape index (κ1) is 16.4. The summed E-state index contributed by atoms with van der Waals surface area (Å²) in [5, 5.41) is 20.4. The molecule has 0 aromatic heterocycles. The molecule has 0 saturated heterocycles. The summed E-state index contributed by atoms with van der Waals surface area (Å²) in [6.45, 7) is 3.78. The number of phenols is 2. The van der Waals surface area contributed by atoms with Gasteiger partial charge in [0.05, 0.1) is 0 Å². The highest BCUT2D eigenvalue weighted by atomic mass is 35.5. The predicted octanol–water partition coefficient (Wildman–Crippen LogP) is 5.55. The Morgan fingerprint density at radius 3 is 1.50 bits per heavy atom. The van der Waals surface area contributed by atoms with Crippen LogP contribution in [0.15, 0.2) is 60.7 Å². The minimum atomic E-state index is 0.000802. The van der Waals surface area contributed by atoms with Gasteiger partial charge in [-0.1, -0.05) is 48.0 Å². The smallest absolute Gasteiger partial charge is 0.118 e. The second-order valence-electron chi connectivity index (χ2n) is 6.08. The summed E-state index contributed by atoms with van der Waals surface area (Å²) in [6, 6.07) is 19.1. The Kier molecular flexibility index (Phi) is 4.50. The summed E-state index contributed by atoms with van der Waals surface area (Å²) in [6.07, 6.45) is 0. The standard InChI is InChI=1S/C21H19ClO2/c1-13-11-16(5-9-19(13)23)21(15-3-7-18(22)8-4-15)17-6-10-20(24)14(2)12-17/h3-12,21,23-24H,1-2H3. The van der Waals surface area contributed by atoms with Crippen LogP contribution in [0.2, 0.25) is 5.02 Å². The minimum absolute atomic E-state index is 0.000802. The fourth-order valence-electron chi connectivity index (χ4n) is 2.95. The zero-order chi connectivity index (χ0) is 17.3. The molecule has 122 valence electrons. The predicted molar refractivity (Wildman–Crippen MR) is 98.1 cm³/mol. The summed E-state index contributed by atoms with van der Waals surface area (Å²) in [5.74, 6) is 0.576. The molecule has 3 rings (SSSR count). The van der Waals surface area contributed by atoms with Gasteiger partial charge in [-0.15, -0.1) is 0 Å². The Balaban J connectivity index is 2.17. The lowest BCUT2D eigenvalue weighted by Gasteiger charge is -2.20. The number of benzene rings is 3. The van der Waals surface area contributed by atoms with Crippen LogP contribution in [0.25, 0.3) is 0 Å². The molecule has 0 fully saturated rings. The maximum absolute atomic E-state index is 9.83. The Morgan fingerprint density at radius 1 is 0.667 bits per heavy atom. The normalized spacial score (nSPS) is 11.0. The quantitative estimate of drug-likeness (QED) is 0.615. The second-order valence-corrected chi connectivity index (χ2v) is 6.51. The monoisotopic (exact) mass is 338 g/mol. The third-order valence-electron chi connectivity index (χ3n) is 4.31. The van der Waals surface area contributed by atoms with Crippen molar-refractivity contribution < 1.29 is 10.2 Å². The van der Waals surface area contributed by atoms with Crippen molar-refractivity contribution in [2.75, 3.05) is 0 Å². The number of halogens is 1. The van der Waals surface area contributed by atoms with Crippen LogP contribution in [0, 0.1) is 13.8 Å². The van der Waals surface area contributed by atoms with Gasteiger partial charge in [0.15, 0.2) is 0 Å². The largest absolute Gasteiger partial charge is 0.508 e. The SMILES string of the molecule is Cc1cc(C(c2ccc(Cl)cc2)c2ccc(O)c(C)c2)ccc1O. The van der Waals surface area contributed by atoms with Crippen molar-refractivity contribution in [3.8, 4) is 11.5 Å². The van der Waals surface area contributed by atoms with Crippen molar-refractivity contribution in [3.63, 3.8) is 0 Å². The Morgan fingerprint density at radius 2 is 1.08 bits per heavy atom. The third-order valence-corrected chi connectivity index (χ3v) is 4.56. The van der Waals surface area contributed by atoms with Gasteiger partial charge in [0.1, 0.15) is 11.5 Å². The lowest BCUT2D eigenvalue weighted by molar-refractivity contribution is 0.470.